The number of nitrogens with zero attached hydrogens (tertiary/aromatic N) is 2. The number of aromatic nitrogens is 1. The third kappa shape index (κ3) is 4.75. The van der Waals surface area contributed by atoms with Gasteiger partial charge in [-0.25, -0.2) is 14.0 Å². The van der Waals surface area contributed by atoms with E-state index in [1.807, 2.05) is 0 Å². The molecule has 0 amide bonds. The fourth-order valence-electron chi connectivity index (χ4n) is 6.33. The zero-order chi connectivity index (χ0) is 28.4. The minimum absolute atomic E-state index is 0.0293. The molecule has 1 saturated heterocycles. The van der Waals surface area contributed by atoms with Crippen LogP contribution in [0.4, 0.5) is 10.1 Å². The first-order chi connectivity index (χ1) is 19.0. The van der Waals surface area contributed by atoms with Crippen molar-refractivity contribution in [3.63, 3.8) is 0 Å². The molecular formula is C30H29Cl2FN2O5. The van der Waals surface area contributed by atoms with E-state index in [4.69, 9.17) is 37.2 Å². The van der Waals surface area contributed by atoms with Gasteiger partial charge in [-0.1, -0.05) is 34.4 Å². The highest BCUT2D eigenvalue weighted by Crippen LogP contribution is 2.60. The topological polar surface area (TPSA) is 81.9 Å². The van der Waals surface area contributed by atoms with Crippen molar-refractivity contribution in [2.75, 3.05) is 11.4 Å². The monoisotopic (exact) mass is 586 g/mol. The summed E-state index contributed by atoms with van der Waals surface area (Å²) in [6.45, 7) is 5.86. The Balaban J connectivity index is 1.21. The van der Waals surface area contributed by atoms with E-state index in [0.717, 1.165) is 19.3 Å². The standard InChI is InChI=1S/C30H29Cl2FN2O5/c1-29(2,3)40-27(36)16-7-10-23(22(33)11-16)35-14-17-12-30(35,18-8-9-18)13-24(17)39-28(37)19-15-38-34-26(19)25-20(31)5-4-6-21(25)32/h4-7,10-11,15,17-18,24H,8-9,12-14H2,1-3H3/t17-,24+,30-/m0/s1. The number of fused-ring (bicyclic) bond motifs is 2. The Morgan fingerprint density at radius 2 is 1.82 bits per heavy atom. The molecule has 0 unspecified atom stereocenters. The molecule has 2 heterocycles. The maximum Gasteiger partial charge on any atom is 0.344 e. The van der Waals surface area contributed by atoms with E-state index in [0.29, 0.717) is 40.2 Å². The number of piperidine rings is 1. The number of carbonyl (C=O) groups is 2. The van der Waals surface area contributed by atoms with Crippen LogP contribution < -0.4 is 4.90 Å². The van der Waals surface area contributed by atoms with E-state index in [2.05, 4.69) is 10.1 Å². The summed E-state index contributed by atoms with van der Waals surface area (Å²) in [6, 6.07) is 9.56. The van der Waals surface area contributed by atoms with Crippen LogP contribution in [0.5, 0.6) is 0 Å². The second kappa shape index (κ2) is 9.77. The maximum absolute atomic E-state index is 15.5. The average Bonchev–Trinajstić information content (AvgIpc) is 3.37. The molecule has 0 spiro atoms. The lowest BCUT2D eigenvalue weighted by molar-refractivity contribution is 0.00682. The van der Waals surface area contributed by atoms with Gasteiger partial charge >= 0.3 is 11.9 Å². The minimum Gasteiger partial charge on any atom is -0.458 e. The van der Waals surface area contributed by atoms with Gasteiger partial charge in [0.1, 0.15) is 35.0 Å². The molecule has 2 aliphatic carbocycles. The van der Waals surface area contributed by atoms with Gasteiger partial charge in [0.25, 0.3) is 0 Å². The Labute approximate surface area is 241 Å². The summed E-state index contributed by atoms with van der Waals surface area (Å²) in [4.78, 5) is 27.9. The van der Waals surface area contributed by atoms with Crippen molar-refractivity contribution >= 4 is 40.8 Å². The van der Waals surface area contributed by atoms with Gasteiger partial charge in [0, 0.05) is 30.0 Å². The van der Waals surface area contributed by atoms with Gasteiger partial charge in [-0.2, -0.15) is 0 Å². The molecule has 7 nitrogen and oxygen atoms in total. The normalized spacial score (nSPS) is 23.9. The van der Waals surface area contributed by atoms with Crippen LogP contribution in [-0.2, 0) is 9.47 Å². The quantitative estimate of drug-likeness (QED) is 0.279. The molecular weight excluding hydrogens is 558 g/mol. The summed E-state index contributed by atoms with van der Waals surface area (Å²) < 4.78 is 32.0. The first-order valence-corrected chi connectivity index (χ1v) is 14.1. The smallest absolute Gasteiger partial charge is 0.344 e. The number of hydrogen-bond acceptors (Lipinski definition) is 7. The minimum atomic E-state index is -0.671. The lowest BCUT2D eigenvalue weighted by atomic mass is 9.89. The van der Waals surface area contributed by atoms with Crippen molar-refractivity contribution in [3.05, 3.63) is 69.7 Å². The number of carbonyl (C=O) groups excluding carboxylic acids is 2. The molecule has 2 bridgehead atoms. The molecule has 3 fully saturated rings. The maximum atomic E-state index is 15.5. The van der Waals surface area contributed by atoms with Gasteiger partial charge in [-0.15, -0.1) is 0 Å². The molecule has 1 aliphatic heterocycles. The molecule has 2 saturated carbocycles. The zero-order valence-electron chi connectivity index (χ0n) is 22.4. The van der Waals surface area contributed by atoms with E-state index >= 15 is 4.39 Å². The predicted octanol–water partition coefficient (Wildman–Crippen LogP) is 7.35. The Morgan fingerprint density at radius 3 is 2.48 bits per heavy atom. The van der Waals surface area contributed by atoms with Crippen molar-refractivity contribution < 1.29 is 28.0 Å². The molecule has 3 aromatic rings. The van der Waals surface area contributed by atoms with Crippen LogP contribution in [0.1, 0.15) is 67.2 Å². The molecule has 2 aromatic carbocycles. The Bertz CT molecular complexity index is 1480. The van der Waals surface area contributed by atoms with E-state index < -0.39 is 23.4 Å². The second-order valence-electron chi connectivity index (χ2n) is 11.9. The lowest BCUT2D eigenvalue weighted by Gasteiger charge is -2.43. The molecule has 3 aliphatic rings. The highest BCUT2D eigenvalue weighted by Gasteiger charge is 2.63. The third-order valence-corrected chi connectivity index (χ3v) is 8.74. The number of ether oxygens (including phenoxy) is 2. The van der Waals surface area contributed by atoms with Crippen LogP contribution in [0.2, 0.25) is 10.0 Å². The molecule has 210 valence electrons. The summed E-state index contributed by atoms with van der Waals surface area (Å²) in [5.74, 6) is -1.16. The molecule has 40 heavy (non-hydrogen) atoms. The van der Waals surface area contributed by atoms with E-state index in [9.17, 15) is 9.59 Å². The molecule has 3 atom stereocenters. The zero-order valence-corrected chi connectivity index (χ0v) is 23.9. The van der Waals surface area contributed by atoms with E-state index in [1.165, 1.54) is 12.3 Å². The van der Waals surface area contributed by atoms with Gasteiger partial charge in [0.2, 0.25) is 0 Å². The highest BCUT2D eigenvalue weighted by molar-refractivity contribution is 6.39. The Kier molecular flexibility index (Phi) is 6.62. The van der Waals surface area contributed by atoms with E-state index in [-0.39, 0.29) is 34.4 Å². The van der Waals surface area contributed by atoms with Crippen LogP contribution in [0, 0.1) is 17.7 Å². The molecule has 0 N–H and O–H groups in total. The van der Waals surface area contributed by atoms with Crippen LogP contribution >= 0.6 is 23.2 Å². The summed E-state index contributed by atoms with van der Waals surface area (Å²) in [7, 11) is 0. The van der Waals surface area contributed by atoms with Crippen molar-refractivity contribution in [2.45, 2.75) is 63.7 Å². The summed E-state index contributed by atoms with van der Waals surface area (Å²) >= 11 is 12.7. The number of anilines is 1. The summed E-state index contributed by atoms with van der Waals surface area (Å²) in [5, 5.41) is 4.67. The van der Waals surface area contributed by atoms with Crippen molar-refractivity contribution in [3.8, 4) is 11.3 Å². The first kappa shape index (κ1) is 27.1. The highest BCUT2D eigenvalue weighted by atomic mass is 35.5. The second-order valence-corrected chi connectivity index (χ2v) is 12.8. The number of rotatable bonds is 6. The molecule has 10 heteroatoms. The molecule has 0 radical (unpaired) electrons. The fraction of sp³-hybridized carbons (Fsp3) is 0.433. The summed E-state index contributed by atoms with van der Waals surface area (Å²) in [5.41, 5.74) is 0.444. The Morgan fingerprint density at radius 1 is 1.10 bits per heavy atom. The SMILES string of the molecule is CC(C)(C)OC(=O)c1ccc(N2C[C@@H]3C[C@@]2(C2CC2)C[C@H]3OC(=O)c2conc2-c2c(Cl)cccc2Cl)c(F)c1. The lowest BCUT2D eigenvalue weighted by Crippen LogP contribution is -2.50. The number of esters is 2. The van der Waals surface area contributed by atoms with Crippen LogP contribution in [-0.4, -0.2) is 40.9 Å². The van der Waals surface area contributed by atoms with Crippen LogP contribution in [0.3, 0.4) is 0 Å². The third-order valence-electron chi connectivity index (χ3n) is 8.11. The number of benzene rings is 2. The van der Waals surface area contributed by atoms with Crippen molar-refractivity contribution in [1.82, 2.24) is 5.16 Å². The first-order valence-electron chi connectivity index (χ1n) is 13.4. The molecule has 1 aromatic heterocycles. The summed E-state index contributed by atoms with van der Waals surface area (Å²) in [6.07, 6.45) is 4.39. The number of halogens is 3. The predicted molar refractivity (Wildman–Crippen MR) is 148 cm³/mol. The van der Waals surface area contributed by atoms with Gasteiger partial charge in [0.15, 0.2) is 0 Å². The number of hydrogen-bond donors (Lipinski definition) is 0. The van der Waals surface area contributed by atoms with Crippen molar-refractivity contribution in [1.29, 1.82) is 0 Å². The molecule has 6 rings (SSSR count). The average molecular weight is 587 g/mol. The van der Waals surface area contributed by atoms with Crippen LogP contribution in [0.15, 0.2) is 47.2 Å². The largest absolute Gasteiger partial charge is 0.458 e. The van der Waals surface area contributed by atoms with Gasteiger partial charge in [0.05, 0.1) is 21.3 Å². The van der Waals surface area contributed by atoms with Crippen molar-refractivity contribution in [2.24, 2.45) is 11.8 Å². The van der Waals surface area contributed by atoms with Gasteiger partial charge in [-0.05, 0) is 76.3 Å². The van der Waals surface area contributed by atoms with E-state index in [1.54, 1.807) is 51.1 Å². The fourth-order valence-corrected chi connectivity index (χ4v) is 6.91. The van der Waals surface area contributed by atoms with Gasteiger partial charge < -0.3 is 18.9 Å². The van der Waals surface area contributed by atoms with Gasteiger partial charge in [-0.3, -0.25) is 0 Å². The Hall–Kier alpha value is -3.10. The van der Waals surface area contributed by atoms with Crippen LogP contribution in [0.25, 0.3) is 11.3 Å².